The molecule has 0 saturated heterocycles. The molecule has 0 radical (unpaired) electrons. The quantitative estimate of drug-likeness (QED) is 0.515. The second-order valence-corrected chi connectivity index (χ2v) is 8.21. The molecule has 4 aliphatic carbocycles. The molecule has 3 nitrogen and oxygen atoms in total. The van der Waals surface area contributed by atoms with Crippen LogP contribution in [0.15, 0.2) is 24.3 Å². The van der Waals surface area contributed by atoms with Crippen molar-refractivity contribution in [1.29, 1.82) is 0 Å². The molecule has 4 fully saturated rings. The first kappa shape index (κ1) is 15.6. The minimum absolute atomic E-state index is 0.317. The van der Waals surface area contributed by atoms with Gasteiger partial charge in [0.25, 0.3) is 0 Å². The molecule has 0 aliphatic heterocycles. The fourth-order valence-corrected chi connectivity index (χ4v) is 5.72. The Labute approximate surface area is 146 Å². The fraction of sp³-hybridized carbons (Fsp3) is 0.611. The number of ether oxygens (including phenoxy) is 2. The number of alkyl halides is 1. The molecule has 23 heavy (non-hydrogen) atoms. The SMILES string of the molecule is O=C(OC(Cl)c1ccccc1Cl)OC12CC3CC(CC(C3)C1)C2. The van der Waals surface area contributed by atoms with Gasteiger partial charge in [0.2, 0.25) is 5.56 Å². The van der Waals surface area contributed by atoms with Crippen LogP contribution >= 0.6 is 23.2 Å². The predicted octanol–water partition coefficient (Wildman–Crippen LogP) is 5.70. The molecule has 0 spiro atoms. The van der Waals surface area contributed by atoms with Gasteiger partial charge in [0.1, 0.15) is 5.60 Å². The Balaban J connectivity index is 1.41. The van der Waals surface area contributed by atoms with Crippen LogP contribution in [0, 0.1) is 17.8 Å². The molecule has 5 heteroatoms. The van der Waals surface area contributed by atoms with Gasteiger partial charge in [-0.1, -0.05) is 41.4 Å². The minimum Gasteiger partial charge on any atom is -0.428 e. The third kappa shape index (κ3) is 3.06. The van der Waals surface area contributed by atoms with Crippen LogP contribution < -0.4 is 0 Å². The molecule has 1 aromatic rings. The van der Waals surface area contributed by atoms with Gasteiger partial charge >= 0.3 is 6.16 Å². The predicted molar refractivity (Wildman–Crippen MR) is 88.5 cm³/mol. The first-order chi connectivity index (χ1) is 11.0. The third-order valence-electron chi connectivity index (χ3n) is 5.63. The summed E-state index contributed by atoms with van der Waals surface area (Å²) in [4.78, 5) is 12.3. The fourth-order valence-electron chi connectivity index (χ4n) is 5.16. The first-order valence-electron chi connectivity index (χ1n) is 8.31. The van der Waals surface area contributed by atoms with Crippen molar-refractivity contribution in [3.63, 3.8) is 0 Å². The maximum absolute atomic E-state index is 12.3. The summed E-state index contributed by atoms with van der Waals surface area (Å²) in [7, 11) is 0. The van der Waals surface area contributed by atoms with E-state index < -0.39 is 11.7 Å². The second kappa shape index (κ2) is 5.86. The van der Waals surface area contributed by atoms with Crippen molar-refractivity contribution < 1.29 is 14.3 Å². The normalized spacial score (nSPS) is 35.8. The summed E-state index contributed by atoms with van der Waals surface area (Å²) >= 11 is 12.3. The summed E-state index contributed by atoms with van der Waals surface area (Å²) in [6.45, 7) is 0. The molecule has 4 bridgehead atoms. The lowest BCUT2D eigenvalue weighted by molar-refractivity contribution is -0.143. The topological polar surface area (TPSA) is 35.5 Å². The van der Waals surface area contributed by atoms with Crippen LogP contribution in [-0.4, -0.2) is 11.8 Å². The minimum atomic E-state index is -0.926. The molecule has 1 atom stereocenters. The molecule has 4 aliphatic rings. The molecule has 124 valence electrons. The average Bonchev–Trinajstić information content (AvgIpc) is 2.45. The molecule has 1 unspecified atom stereocenters. The second-order valence-electron chi connectivity index (χ2n) is 7.41. The van der Waals surface area contributed by atoms with Crippen LogP contribution in [0.2, 0.25) is 5.02 Å². The summed E-state index contributed by atoms with van der Waals surface area (Å²) in [6, 6.07) is 7.09. The number of carbonyl (C=O) groups excluding carboxylic acids is 1. The van der Waals surface area contributed by atoms with Gasteiger partial charge in [-0.3, -0.25) is 0 Å². The molecular weight excluding hydrogens is 335 g/mol. The van der Waals surface area contributed by atoms with Gasteiger partial charge < -0.3 is 9.47 Å². The zero-order valence-corrected chi connectivity index (χ0v) is 14.4. The largest absolute Gasteiger partial charge is 0.510 e. The van der Waals surface area contributed by atoms with Crippen molar-refractivity contribution in [1.82, 2.24) is 0 Å². The van der Waals surface area contributed by atoms with Crippen molar-refractivity contribution in [2.24, 2.45) is 17.8 Å². The number of carbonyl (C=O) groups is 1. The van der Waals surface area contributed by atoms with E-state index in [1.54, 1.807) is 12.1 Å². The van der Waals surface area contributed by atoms with Crippen molar-refractivity contribution in [3.8, 4) is 0 Å². The molecular formula is C18H20Cl2O3. The number of rotatable bonds is 3. The molecule has 1 aromatic carbocycles. The van der Waals surface area contributed by atoms with E-state index in [9.17, 15) is 4.79 Å². The van der Waals surface area contributed by atoms with Gasteiger partial charge in [0.05, 0.1) is 0 Å². The molecule has 5 rings (SSSR count). The Morgan fingerprint density at radius 3 is 2.22 bits per heavy atom. The molecule has 0 aromatic heterocycles. The lowest BCUT2D eigenvalue weighted by Crippen LogP contribution is -2.52. The van der Waals surface area contributed by atoms with Gasteiger partial charge in [-0.25, -0.2) is 4.79 Å². The Bertz CT molecular complexity index is 581. The summed E-state index contributed by atoms with van der Waals surface area (Å²) in [5, 5.41) is 0.482. The third-order valence-corrected chi connectivity index (χ3v) is 6.30. The molecule has 0 N–H and O–H groups in total. The van der Waals surface area contributed by atoms with Gasteiger partial charge in [-0.05, 0) is 62.3 Å². The van der Waals surface area contributed by atoms with Crippen LogP contribution in [-0.2, 0) is 9.47 Å². The van der Waals surface area contributed by atoms with E-state index in [1.165, 1.54) is 19.3 Å². The van der Waals surface area contributed by atoms with Gasteiger partial charge in [-0.2, -0.15) is 0 Å². The Morgan fingerprint density at radius 1 is 1.09 bits per heavy atom. The van der Waals surface area contributed by atoms with Gasteiger partial charge in [0, 0.05) is 10.6 Å². The molecule has 4 saturated carbocycles. The Hall–Kier alpha value is -0.930. The van der Waals surface area contributed by atoms with E-state index >= 15 is 0 Å². The lowest BCUT2D eigenvalue weighted by Gasteiger charge is -2.55. The summed E-state index contributed by atoms with van der Waals surface area (Å²) < 4.78 is 11.1. The van der Waals surface area contributed by atoms with Crippen LogP contribution in [0.4, 0.5) is 4.79 Å². The van der Waals surface area contributed by atoms with Crippen LogP contribution in [0.3, 0.4) is 0 Å². The smallest absolute Gasteiger partial charge is 0.428 e. The monoisotopic (exact) mass is 354 g/mol. The Morgan fingerprint density at radius 2 is 1.65 bits per heavy atom. The van der Waals surface area contributed by atoms with E-state index in [-0.39, 0.29) is 5.60 Å². The van der Waals surface area contributed by atoms with Crippen molar-refractivity contribution in [2.45, 2.75) is 49.7 Å². The van der Waals surface area contributed by atoms with Crippen molar-refractivity contribution >= 4 is 29.4 Å². The highest BCUT2D eigenvalue weighted by atomic mass is 35.5. The zero-order chi connectivity index (χ0) is 16.0. The van der Waals surface area contributed by atoms with Crippen LogP contribution in [0.1, 0.15) is 49.7 Å². The number of hydrogen-bond acceptors (Lipinski definition) is 3. The van der Waals surface area contributed by atoms with E-state index in [2.05, 4.69) is 0 Å². The highest BCUT2D eigenvalue weighted by Gasteiger charge is 2.53. The molecule has 0 heterocycles. The first-order valence-corrected chi connectivity index (χ1v) is 9.12. The summed E-state index contributed by atoms with van der Waals surface area (Å²) in [5.74, 6) is 2.14. The van der Waals surface area contributed by atoms with Crippen LogP contribution in [0.5, 0.6) is 0 Å². The van der Waals surface area contributed by atoms with Gasteiger partial charge in [0.15, 0.2) is 0 Å². The number of halogens is 2. The summed E-state index contributed by atoms with van der Waals surface area (Å²) in [6.07, 6.45) is 6.17. The number of hydrogen-bond donors (Lipinski definition) is 0. The maximum atomic E-state index is 12.3. The van der Waals surface area contributed by atoms with Gasteiger partial charge in [-0.15, -0.1) is 0 Å². The van der Waals surface area contributed by atoms with E-state index in [4.69, 9.17) is 32.7 Å². The van der Waals surface area contributed by atoms with Crippen molar-refractivity contribution in [3.05, 3.63) is 34.9 Å². The highest BCUT2D eigenvalue weighted by Crippen LogP contribution is 2.57. The van der Waals surface area contributed by atoms with E-state index in [0.717, 1.165) is 19.3 Å². The summed E-state index contributed by atoms with van der Waals surface area (Å²) in [5.41, 5.74) is -0.661. The number of benzene rings is 1. The standard InChI is InChI=1S/C18H20Cl2O3/c19-15-4-2-1-3-14(15)16(20)22-17(21)23-18-8-11-5-12(9-18)7-13(6-11)10-18/h1-4,11-13,16H,5-10H2. The van der Waals surface area contributed by atoms with Crippen molar-refractivity contribution in [2.75, 3.05) is 0 Å². The highest BCUT2D eigenvalue weighted by molar-refractivity contribution is 6.32. The van der Waals surface area contributed by atoms with Crippen LogP contribution in [0.25, 0.3) is 0 Å². The maximum Gasteiger partial charge on any atom is 0.510 e. The van der Waals surface area contributed by atoms with E-state index in [0.29, 0.717) is 28.3 Å². The average molecular weight is 355 g/mol. The van der Waals surface area contributed by atoms with E-state index in [1.807, 2.05) is 12.1 Å². The molecule has 0 amide bonds. The Kier molecular flexibility index (Phi) is 3.97. The zero-order valence-electron chi connectivity index (χ0n) is 12.8. The lowest BCUT2D eigenvalue weighted by atomic mass is 9.54.